The first-order chi connectivity index (χ1) is 11.4. The maximum absolute atomic E-state index is 13.2. The van der Waals surface area contributed by atoms with Gasteiger partial charge in [0.15, 0.2) is 9.84 Å². The van der Waals surface area contributed by atoms with Crippen LogP contribution < -0.4 is 4.90 Å². The summed E-state index contributed by atoms with van der Waals surface area (Å²) in [6.45, 7) is 0. The first kappa shape index (κ1) is 16.9. The van der Waals surface area contributed by atoms with Crippen molar-refractivity contribution in [2.45, 2.75) is 6.04 Å². The summed E-state index contributed by atoms with van der Waals surface area (Å²) in [5, 5.41) is 1.11. The second-order valence-corrected chi connectivity index (χ2v) is 8.14. The number of rotatable bonds is 3. The average Bonchev–Trinajstić information content (AvgIpc) is 2.89. The fourth-order valence-corrected chi connectivity index (χ4v) is 4.27. The van der Waals surface area contributed by atoms with Crippen LogP contribution in [0.1, 0.15) is 10.4 Å². The minimum atomic E-state index is -3.34. The van der Waals surface area contributed by atoms with Crippen LogP contribution in [0.15, 0.2) is 64.5 Å². The lowest BCUT2D eigenvalue weighted by molar-refractivity contribution is 0.0982. The molecule has 1 aliphatic heterocycles. The summed E-state index contributed by atoms with van der Waals surface area (Å²) in [6, 6.07) is 11.6. The van der Waals surface area contributed by atoms with Crippen LogP contribution in [0.5, 0.6) is 0 Å². The van der Waals surface area contributed by atoms with Crippen molar-refractivity contribution in [2.24, 2.45) is 0 Å². The zero-order valence-corrected chi connectivity index (χ0v) is 14.8. The van der Waals surface area contributed by atoms with Crippen LogP contribution in [0.25, 0.3) is 0 Å². The van der Waals surface area contributed by atoms with Crippen LogP contribution in [0.4, 0.5) is 10.1 Å². The van der Waals surface area contributed by atoms with Gasteiger partial charge in [-0.25, -0.2) is 12.8 Å². The molecule has 0 N–H and O–H groups in total. The highest BCUT2D eigenvalue weighted by Gasteiger charge is 2.32. The van der Waals surface area contributed by atoms with E-state index in [1.165, 1.54) is 35.2 Å². The Balaban J connectivity index is 2.05. The number of halogens is 2. The lowest BCUT2D eigenvalue weighted by Crippen LogP contribution is -2.41. The topological polar surface area (TPSA) is 54.5 Å². The van der Waals surface area contributed by atoms with E-state index < -0.39 is 21.7 Å². The highest BCUT2D eigenvalue weighted by atomic mass is 79.9. The normalized spacial score (nSPS) is 18.5. The van der Waals surface area contributed by atoms with E-state index in [4.69, 9.17) is 0 Å². The van der Waals surface area contributed by atoms with Crippen molar-refractivity contribution in [3.63, 3.8) is 0 Å². The van der Waals surface area contributed by atoms with E-state index in [9.17, 15) is 17.6 Å². The number of nitrogens with zero attached hydrogens (tertiary/aromatic N) is 1. The predicted octanol–water partition coefficient (Wildman–Crippen LogP) is 3.55. The van der Waals surface area contributed by atoms with Gasteiger partial charge in [0.1, 0.15) is 5.82 Å². The molecule has 2 aromatic rings. The Hall–Kier alpha value is -1.99. The molecule has 0 saturated carbocycles. The molecular weight excluding hydrogens is 397 g/mol. The van der Waals surface area contributed by atoms with E-state index in [-0.39, 0.29) is 11.7 Å². The van der Waals surface area contributed by atoms with Crippen LogP contribution in [-0.2, 0) is 9.84 Å². The molecule has 4 nitrogen and oxygen atoms in total. The van der Waals surface area contributed by atoms with Crippen LogP contribution in [0.3, 0.4) is 0 Å². The fraction of sp³-hybridized carbons (Fsp3) is 0.118. The van der Waals surface area contributed by atoms with E-state index in [0.717, 1.165) is 5.41 Å². The molecule has 0 spiro atoms. The summed E-state index contributed by atoms with van der Waals surface area (Å²) in [5.41, 5.74) is 0.837. The van der Waals surface area contributed by atoms with Gasteiger partial charge in [-0.3, -0.25) is 4.79 Å². The molecule has 0 saturated heterocycles. The lowest BCUT2D eigenvalue weighted by Gasteiger charge is -2.28. The third-order valence-corrected chi connectivity index (χ3v) is 5.74. The van der Waals surface area contributed by atoms with Gasteiger partial charge in [0.2, 0.25) is 0 Å². The van der Waals surface area contributed by atoms with E-state index >= 15 is 0 Å². The smallest absolute Gasteiger partial charge is 0.260 e. The van der Waals surface area contributed by atoms with Crippen molar-refractivity contribution in [3.05, 3.63) is 75.9 Å². The Morgan fingerprint density at radius 2 is 1.79 bits per heavy atom. The number of anilines is 1. The lowest BCUT2D eigenvalue weighted by atomic mass is 10.1. The zero-order valence-electron chi connectivity index (χ0n) is 12.4. The van der Waals surface area contributed by atoms with Crippen molar-refractivity contribution in [2.75, 3.05) is 10.7 Å². The molecule has 7 heteroatoms. The number of hydrogen-bond acceptors (Lipinski definition) is 3. The van der Waals surface area contributed by atoms with E-state index in [0.29, 0.717) is 15.7 Å². The molecule has 1 atom stereocenters. The van der Waals surface area contributed by atoms with Gasteiger partial charge in [0, 0.05) is 15.6 Å². The molecule has 0 unspecified atom stereocenters. The second kappa shape index (κ2) is 6.49. The minimum Gasteiger partial charge on any atom is -0.300 e. The molecule has 1 aliphatic rings. The quantitative estimate of drug-likeness (QED) is 0.778. The van der Waals surface area contributed by atoms with Crippen molar-refractivity contribution < 1.29 is 17.6 Å². The molecule has 1 amide bonds. The molecule has 0 fully saturated rings. The molecular formula is C17H13BrFNO3S. The van der Waals surface area contributed by atoms with Crippen LogP contribution in [0, 0.1) is 5.82 Å². The van der Waals surface area contributed by atoms with Gasteiger partial charge in [-0.05, 0) is 58.4 Å². The number of sulfone groups is 1. The molecule has 124 valence electrons. The van der Waals surface area contributed by atoms with Crippen LogP contribution >= 0.6 is 15.9 Å². The zero-order chi connectivity index (χ0) is 17.3. The summed E-state index contributed by atoms with van der Waals surface area (Å²) in [5.74, 6) is -0.983. The number of carbonyl (C=O) groups is 1. The third kappa shape index (κ3) is 3.42. The number of amides is 1. The summed E-state index contributed by atoms with van der Waals surface area (Å²) in [4.78, 5) is 14.4. The summed E-state index contributed by atoms with van der Waals surface area (Å²) in [7, 11) is -3.34. The monoisotopic (exact) mass is 409 g/mol. The van der Waals surface area contributed by atoms with E-state index in [1.807, 2.05) is 0 Å². The van der Waals surface area contributed by atoms with Crippen LogP contribution in [0.2, 0.25) is 0 Å². The maximum atomic E-state index is 13.2. The Morgan fingerprint density at radius 3 is 2.38 bits per heavy atom. The first-order valence-corrected chi connectivity index (χ1v) is 9.63. The number of benzene rings is 2. The van der Waals surface area contributed by atoms with E-state index in [2.05, 4.69) is 15.9 Å². The average molecular weight is 410 g/mol. The first-order valence-electron chi connectivity index (χ1n) is 7.12. The predicted molar refractivity (Wildman–Crippen MR) is 94.1 cm³/mol. The molecule has 0 aromatic heterocycles. The van der Waals surface area contributed by atoms with Gasteiger partial charge >= 0.3 is 0 Å². The fourth-order valence-electron chi connectivity index (χ4n) is 2.55. The third-order valence-electron chi connectivity index (χ3n) is 3.67. The molecule has 0 aliphatic carbocycles. The van der Waals surface area contributed by atoms with Crippen LogP contribution in [-0.4, -0.2) is 26.1 Å². The second-order valence-electron chi connectivity index (χ2n) is 5.36. The maximum Gasteiger partial charge on any atom is 0.260 e. The Bertz CT molecular complexity index is 910. The molecule has 2 aromatic carbocycles. The molecule has 24 heavy (non-hydrogen) atoms. The largest absolute Gasteiger partial charge is 0.300 e. The van der Waals surface area contributed by atoms with Gasteiger partial charge in [-0.15, -0.1) is 0 Å². The number of hydrogen-bond donors (Lipinski definition) is 0. The SMILES string of the molecule is O=C(c1ccccc1Br)N(c1ccc(F)cc1)[C@H]1C=CS(=O)(=O)C1. The molecule has 1 heterocycles. The Morgan fingerprint density at radius 1 is 1.12 bits per heavy atom. The van der Waals surface area contributed by atoms with Crippen molar-refractivity contribution in [1.29, 1.82) is 0 Å². The van der Waals surface area contributed by atoms with Gasteiger partial charge in [-0.1, -0.05) is 12.1 Å². The summed E-state index contributed by atoms with van der Waals surface area (Å²) in [6.07, 6.45) is 1.48. The van der Waals surface area contributed by atoms with Crippen molar-refractivity contribution >= 4 is 37.4 Å². The summed E-state index contributed by atoms with van der Waals surface area (Å²) >= 11 is 3.34. The Labute approximate surface area is 147 Å². The highest BCUT2D eigenvalue weighted by molar-refractivity contribution is 9.10. The number of carbonyl (C=O) groups excluding carboxylic acids is 1. The molecule has 0 bridgehead atoms. The summed E-state index contributed by atoms with van der Waals surface area (Å²) < 4.78 is 37.3. The standard InChI is InChI=1S/C17H13BrFNO3S/c18-16-4-2-1-3-15(16)17(21)20(13-7-5-12(19)6-8-13)14-9-10-24(22,23)11-14/h1-10,14H,11H2/t14-/m0/s1. The van der Waals surface area contributed by atoms with Gasteiger partial charge < -0.3 is 4.90 Å². The van der Waals surface area contributed by atoms with Crippen molar-refractivity contribution in [1.82, 2.24) is 0 Å². The van der Waals surface area contributed by atoms with E-state index in [1.54, 1.807) is 24.3 Å². The van der Waals surface area contributed by atoms with Crippen molar-refractivity contribution in [3.8, 4) is 0 Å². The highest BCUT2D eigenvalue weighted by Crippen LogP contribution is 2.27. The minimum absolute atomic E-state index is 0.194. The van der Waals surface area contributed by atoms with Gasteiger partial charge in [-0.2, -0.15) is 0 Å². The molecule has 3 rings (SSSR count). The Kier molecular flexibility index (Phi) is 4.56. The molecule has 0 radical (unpaired) electrons. The van der Waals surface area contributed by atoms with Gasteiger partial charge in [0.05, 0.1) is 17.4 Å². The van der Waals surface area contributed by atoms with Gasteiger partial charge in [0.25, 0.3) is 5.91 Å².